The lowest BCUT2D eigenvalue weighted by Crippen LogP contribution is -1.89. The van der Waals surface area contributed by atoms with Crippen molar-refractivity contribution >= 4 is 0 Å². The first kappa shape index (κ1) is 21.1. The molecule has 0 atom stereocenters. The largest absolute Gasteiger partial charge is 0.508 e. The Labute approximate surface area is 150 Å². The van der Waals surface area contributed by atoms with Crippen LogP contribution in [0.25, 0.3) is 0 Å². The summed E-state index contributed by atoms with van der Waals surface area (Å²) in [5, 5.41) is 9.90. The standard InChI is InChI=1S/C23H40O/c1-3-5-6-7-8-9-10-11-12-13-14-15-16-17-21-18-19-22(4-2)23(24)20-21/h18-20,24H,3-17H2,1-2H3. The topological polar surface area (TPSA) is 20.2 Å². The number of aryl methyl sites for hydroxylation is 2. The van der Waals surface area contributed by atoms with Crippen LogP contribution in [-0.2, 0) is 12.8 Å². The minimum absolute atomic E-state index is 0.477. The molecule has 1 aromatic carbocycles. The lowest BCUT2D eigenvalue weighted by molar-refractivity contribution is 0.468. The van der Waals surface area contributed by atoms with Crippen molar-refractivity contribution in [2.75, 3.05) is 0 Å². The van der Waals surface area contributed by atoms with E-state index in [4.69, 9.17) is 0 Å². The number of phenols is 1. The molecule has 0 bridgehead atoms. The zero-order valence-corrected chi connectivity index (χ0v) is 16.3. The first-order valence-corrected chi connectivity index (χ1v) is 10.6. The Morgan fingerprint density at radius 1 is 0.667 bits per heavy atom. The number of rotatable bonds is 15. The summed E-state index contributed by atoms with van der Waals surface area (Å²) in [7, 11) is 0. The molecule has 0 unspecified atom stereocenters. The van der Waals surface area contributed by atoms with Gasteiger partial charge in [-0.3, -0.25) is 0 Å². The van der Waals surface area contributed by atoms with Crippen molar-refractivity contribution in [3.63, 3.8) is 0 Å². The van der Waals surface area contributed by atoms with Gasteiger partial charge in [-0.25, -0.2) is 0 Å². The second kappa shape index (κ2) is 14.4. The van der Waals surface area contributed by atoms with Gasteiger partial charge in [0.05, 0.1) is 0 Å². The molecule has 1 rings (SSSR count). The Morgan fingerprint density at radius 3 is 1.62 bits per heavy atom. The first-order chi connectivity index (χ1) is 11.8. The van der Waals surface area contributed by atoms with Crippen molar-refractivity contribution in [1.82, 2.24) is 0 Å². The second-order valence-electron chi connectivity index (χ2n) is 7.31. The number of unbranched alkanes of at least 4 members (excludes halogenated alkanes) is 12. The predicted molar refractivity (Wildman–Crippen MR) is 107 cm³/mol. The maximum absolute atomic E-state index is 9.90. The van der Waals surface area contributed by atoms with Crippen LogP contribution in [0.1, 0.15) is 108 Å². The number of aromatic hydroxyl groups is 1. The van der Waals surface area contributed by atoms with Crippen LogP contribution < -0.4 is 0 Å². The van der Waals surface area contributed by atoms with Gasteiger partial charge in [-0.1, -0.05) is 103 Å². The van der Waals surface area contributed by atoms with E-state index in [-0.39, 0.29) is 0 Å². The summed E-state index contributed by atoms with van der Waals surface area (Å²) in [6.07, 6.45) is 20.2. The van der Waals surface area contributed by atoms with E-state index in [0.29, 0.717) is 5.75 Å². The van der Waals surface area contributed by atoms with Crippen molar-refractivity contribution in [2.45, 2.75) is 110 Å². The summed E-state index contributed by atoms with van der Waals surface area (Å²) < 4.78 is 0. The van der Waals surface area contributed by atoms with Gasteiger partial charge in [-0.05, 0) is 36.5 Å². The molecule has 0 aromatic heterocycles. The Kier molecular flexibility index (Phi) is 12.6. The Bertz CT molecular complexity index is 410. The van der Waals surface area contributed by atoms with E-state index in [9.17, 15) is 5.11 Å². The molecule has 1 N–H and O–H groups in total. The molecule has 1 heteroatoms. The lowest BCUT2D eigenvalue weighted by atomic mass is 10.0. The summed E-state index contributed by atoms with van der Waals surface area (Å²) in [4.78, 5) is 0. The molecule has 0 aliphatic rings. The van der Waals surface area contributed by atoms with Gasteiger partial charge < -0.3 is 5.11 Å². The zero-order valence-electron chi connectivity index (χ0n) is 16.3. The molecule has 0 aliphatic heterocycles. The number of hydrogen-bond acceptors (Lipinski definition) is 1. The molecular formula is C23H40O. The average Bonchev–Trinajstić information content (AvgIpc) is 2.59. The molecule has 0 aliphatic carbocycles. The van der Waals surface area contributed by atoms with E-state index in [2.05, 4.69) is 26.0 Å². The third-order valence-corrected chi connectivity index (χ3v) is 5.10. The van der Waals surface area contributed by atoms with Gasteiger partial charge in [0.15, 0.2) is 0 Å². The van der Waals surface area contributed by atoms with Gasteiger partial charge in [0.2, 0.25) is 0 Å². The maximum atomic E-state index is 9.90. The van der Waals surface area contributed by atoms with E-state index in [0.717, 1.165) is 18.4 Å². The highest BCUT2D eigenvalue weighted by Gasteiger charge is 2.01. The van der Waals surface area contributed by atoms with E-state index in [1.807, 2.05) is 6.07 Å². The van der Waals surface area contributed by atoms with Crippen molar-refractivity contribution < 1.29 is 5.11 Å². The minimum atomic E-state index is 0.477. The van der Waals surface area contributed by atoms with Crippen LogP contribution in [0.4, 0.5) is 0 Å². The summed E-state index contributed by atoms with van der Waals surface area (Å²) in [5.41, 5.74) is 2.34. The summed E-state index contributed by atoms with van der Waals surface area (Å²) >= 11 is 0. The van der Waals surface area contributed by atoms with Crippen LogP contribution in [0.2, 0.25) is 0 Å². The normalized spacial score (nSPS) is 11.1. The third kappa shape index (κ3) is 10.0. The minimum Gasteiger partial charge on any atom is -0.508 e. The molecule has 138 valence electrons. The Hall–Kier alpha value is -0.980. The van der Waals surface area contributed by atoms with E-state index < -0.39 is 0 Å². The van der Waals surface area contributed by atoms with Gasteiger partial charge >= 0.3 is 0 Å². The monoisotopic (exact) mass is 332 g/mol. The summed E-state index contributed by atoms with van der Waals surface area (Å²) in [5.74, 6) is 0.477. The zero-order chi connectivity index (χ0) is 17.5. The maximum Gasteiger partial charge on any atom is 0.119 e. The van der Waals surface area contributed by atoms with Crippen LogP contribution in [0.3, 0.4) is 0 Å². The molecule has 0 saturated heterocycles. The molecule has 0 fully saturated rings. The number of benzene rings is 1. The fourth-order valence-corrected chi connectivity index (χ4v) is 3.41. The van der Waals surface area contributed by atoms with Gasteiger partial charge in [0.1, 0.15) is 5.75 Å². The van der Waals surface area contributed by atoms with Crippen LogP contribution in [0.15, 0.2) is 18.2 Å². The Morgan fingerprint density at radius 2 is 1.17 bits per heavy atom. The van der Waals surface area contributed by atoms with E-state index >= 15 is 0 Å². The van der Waals surface area contributed by atoms with Crippen molar-refractivity contribution in [2.24, 2.45) is 0 Å². The fraction of sp³-hybridized carbons (Fsp3) is 0.739. The SMILES string of the molecule is CCCCCCCCCCCCCCCc1ccc(CC)c(O)c1. The van der Waals surface area contributed by atoms with Gasteiger partial charge in [0.25, 0.3) is 0 Å². The van der Waals surface area contributed by atoms with Crippen LogP contribution in [-0.4, -0.2) is 5.11 Å². The van der Waals surface area contributed by atoms with Crippen LogP contribution in [0, 0.1) is 0 Å². The predicted octanol–water partition coefficient (Wildman–Crippen LogP) is 7.59. The molecule has 0 heterocycles. The van der Waals surface area contributed by atoms with E-state index in [1.54, 1.807) is 0 Å². The molecule has 1 aromatic rings. The number of hydrogen-bond donors (Lipinski definition) is 1. The second-order valence-corrected chi connectivity index (χ2v) is 7.31. The molecular weight excluding hydrogens is 292 g/mol. The summed E-state index contributed by atoms with van der Waals surface area (Å²) in [6, 6.07) is 6.21. The van der Waals surface area contributed by atoms with Crippen LogP contribution >= 0.6 is 0 Å². The fourth-order valence-electron chi connectivity index (χ4n) is 3.41. The summed E-state index contributed by atoms with van der Waals surface area (Å²) in [6.45, 7) is 4.37. The van der Waals surface area contributed by atoms with E-state index in [1.165, 1.54) is 89.0 Å². The highest BCUT2D eigenvalue weighted by molar-refractivity contribution is 5.36. The first-order valence-electron chi connectivity index (χ1n) is 10.6. The lowest BCUT2D eigenvalue weighted by Gasteiger charge is -2.06. The van der Waals surface area contributed by atoms with Crippen molar-refractivity contribution in [1.29, 1.82) is 0 Å². The molecule has 1 nitrogen and oxygen atoms in total. The molecule has 0 spiro atoms. The molecule has 24 heavy (non-hydrogen) atoms. The van der Waals surface area contributed by atoms with Gasteiger partial charge in [-0.15, -0.1) is 0 Å². The Balaban J connectivity index is 1.89. The van der Waals surface area contributed by atoms with Crippen molar-refractivity contribution in [3.8, 4) is 5.75 Å². The third-order valence-electron chi connectivity index (χ3n) is 5.10. The smallest absolute Gasteiger partial charge is 0.119 e. The highest BCUT2D eigenvalue weighted by Crippen LogP contribution is 2.21. The van der Waals surface area contributed by atoms with Gasteiger partial charge in [-0.2, -0.15) is 0 Å². The van der Waals surface area contributed by atoms with Crippen molar-refractivity contribution in [3.05, 3.63) is 29.3 Å². The molecule has 0 amide bonds. The molecule has 0 saturated carbocycles. The molecule has 0 radical (unpaired) electrons. The average molecular weight is 333 g/mol. The highest BCUT2D eigenvalue weighted by atomic mass is 16.3. The number of phenolic OH excluding ortho intramolecular Hbond substituents is 1. The van der Waals surface area contributed by atoms with Gasteiger partial charge in [0, 0.05) is 0 Å². The van der Waals surface area contributed by atoms with Crippen LogP contribution in [0.5, 0.6) is 5.75 Å². The quantitative estimate of drug-likeness (QED) is 0.328.